The van der Waals surface area contributed by atoms with Gasteiger partial charge in [-0.1, -0.05) is 18.2 Å². The number of allylic oxidation sites excluding steroid dienone is 4. The summed E-state index contributed by atoms with van der Waals surface area (Å²) in [5.74, 6) is 1.24. The first kappa shape index (κ1) is 15.9. The summed E-state index contributed by atoms with van der Waals surface area (Å²) >= 11 is 0. The van der Waals surface area contributed by atoms with Crippen LogP contribution in [0.1, 0.15) is 12.5 Å². The minimum absolute atomic E-state index is 0.0715. The lowest BCUT2D eigenvalue weighted by molar-refractivity contribution is 0.320. The van der Waals surface area contributed by atoms with Crippen molar-refractivity contribution >= 4 is 11.8 Å². The van der Waals surface area contributed by atoms with Crippen LogP contribution >= 0.6 is 0 Å². The highest BCUT2D eigenvalue weighted by Crippen LogP contribution is 2.61. The molecule has 0 aromatic heterocycles. The minimum Gasteiger partial charge on any atom is -0.463 e. The monoisotopic (exact) mass is 317 g/mol. The molecule has 0 N–H and O–H groups in total. The van der Waals surface area contributed by atoms with Gasteiger partial charge in [0.05, 0.1) is 17.9 Å². The third kappa shape index (κ3) is 2.68. The number of anilines is 1. The van der Waals surface area contributed by atoms with Crippen molar-refractivity contribution in [1.82, 2.24) is 0 Å². The molecule has 2 aliphatic rings. The summed E-state index contributed by atoms with van der Waals surface area (Å²) in [5, 5.41) is 18.7. The number of fused-ring (bicyclic) bond motifs is 1. The van der Waals surface area contributed by atoms with Crippen LogP contribution in [-0.2, 0) is 4.74 Å². The van der Waals surface area contributed by atoms with Gasteiger partial charge in [0.15, 0.2) is 5.41 Å². The van der Waals surface area contributed by atoms with Gasteiger partial charge >= 0.3 is 0 Å². The van der Waals surface area contributed by atoms with Crippen molar-refractivity contribution in [2.75, 3.05) is 19.0 Å². The van der Waals surface area contributed by atoms with Crippen molar-refractivity contribution in [3.63, 3.8) is 0 Å². The van der Waals surface area contributed by atoms with E-state index in [0.29, 0.717) is 5.76 Å². The number of benzene rings is 1. The van der Waals surface area contributed by atoms with E-state index in [1.807, 2.05) is 57.5 Å². The maximum Gasteiger partial charge on any atom is 0.157 e. The highest BCUT2D eigenvalue weighted by atomic mass is 16.5. The van der Waals surface area contributed by atoms with Crippen LogP contribution in [0.4, 0.5) is 5.69 Å². The van der Waals surface area contributed by atoms with Crippen molar-refractivity contribution in [3.05, 3.63) is 59.6 Å². The molecule has 1 heterocycles. The normalized spacial score (nSPS) is 23.7. The number of hydrogen-bond acceptors (Lipinski definition) is 4. The first-order chi connectivity index (χ1) is 11.5. The third-order valence-corrected chi connectivity index (χ3v) is 4.59. The molecule has 120 valence electrons. The van der Waals surface area contributed by atoms with Crippen LogP contribution in [0.3, 0.4) is 0 Å². The second-order valence-corrected chi connectivity index (χ2v) is 6.41. The smallest absolute Gasteiger partial charge is 0.157 e. The lowest BCUT2D eigenvalue weighted by atomic mass is 10.1. The largest absolute Gasteiger partial charge is 0.463 e. The second-order valence-electron chi connectivity index (χ2n) is 6.41. The Kier molecular flexibility index (Phi) is 3.91. The molecule has 24 heavy (non-hydrogen) atoms. The molecule has 4 nitrogen and oxygen atoms in total. The van der Waals surface area contributed by atoms with Crippen LogP contribution in [0.15, 0.2) is 54.0 Å². The van der Waals surface area contributed by atoms with Gasteiger partial charge in [-0.25, -0.2) is 0 Å². The number of rotatable bonds is 3. The molecule has 4 heteroatoms. The van der Waals surface area contributed by atoms with E-state index in [1.165, 1.54) is 0 Å². The highest BCUT2D eigenvalue weighted by Gasteiger charge is 2.65. The molecule has 1 aromatic carbocycles. The van der Waals surface area contributed by atoms with Crippen LogP contribution in [0.5, 0.6) is 0 Å². The van der Waals surface area contributed by atoms with Gasteiger partial charge in [-0.05, 0) is 42.8 Å². The Morgan fingerprint density at radius 3 is 2.25 bits per heavy atom. The predicted octanol–water partition coefficient (Wildman–Crippen LogP) is 3.86. The molecule has 2 atom stereocenters. The molecule has 0 bridgehead atoms. The van der Waals surface area contributed by atoms with E-state index in [4.69, 9.17) is 4.74 Å². The lowest BCUT2D eigenvalue weighted by Gasteiger charge is -2.12. The average molecular weight is 317 g/mol. The molecule has 1 saturated carbocycles. The maximum atomic E-state index is 9.34. The van der Waals surface area contributed by atoms with E-state index in [1.54, 1.807) is 0 Å². The van der Waals surface area contributed by atoms with Gasteiger partial charge in [-0.2, -0.15) is 10.5 Å². The molecule has 0 spiro atoms. The van der Waals surface area contributed by atoms with Crippen molar-refractivity contribution in [2.24, 2.45) is 17.3 Å². The Balaban J connectivity index is 1.81. The zero-order valence-corrected chi connectivity index (χ0v) is 14.0. The molecule has 0 radical (unpaired) electrons. The fraction of sp³-hybridized carbons (Fsp3) is 0.300. The quantitative estimate of drug-likeness (QED) is 0.849. The summed E-state index contributed by atoms with van der Waals surface area (Å²) in [6.45, 7) is 1.85. The zero-order valence-electron chi connectivity index (χ0n) is 14.0. The van der Waals surface area contributed by atoms with E-state index in [9.17, 15) is 10.5 Å². The SMILES string of the molecule is CC1=CC2C(C=C(/C=C/c3ccc(N(C)C)cc3)O1)C2(C#N)C#N. The Morgan fingerprint density at radius 1 is 1.04 bits per heavy atom. The molecule has 1 aliphatic heterocycles. The van der Waals surface area contributed by atoms with Gasteiger partial charge in [-0.3, -0.25) is 0 Å². The molecule has 1 fully saturated rings. The van der Waals surface area contributed by atoms with Crippen molar-refractivity contribution in [3.8, 4) is 12.1 Å². The van der Waals surface area contributed by atoms with E-state index in [-0.39, 0.29) is 11.8 Å². The summed E-state index contributed by atoms with van der Waals surface area (Å²) in [7, 11) is 4.01. The zero-order chi connectivity index (χ0) is 17.3. The number of nitrogens with zero attached hydrogens (tertiary/aromatic N) is 3. The standard InChI is InChI=1S/C20H19N3O/c1-14-10-18-19(20(18,12-21)13-22)11-17(24-14)9-6-15-4-7-16(8-5-15)23(2)3/h4-11,18-19H,1-3H3/b9-6+. The fourth-order valence-corrected chi connectivity index (χ4v) is 3.07. The summed E-state index contributed by atoms with van der Waals surface area (Å²) in [6.07, 6.45) is 7.65. The third-order valence-electron chi connectivity index (χ3n) is 4.59. The van der Waals surface area contributed by atoms with E-state index < -0.39 is 5.41 Å². The van der Waals surface area contributed by atoms with Gasteiger partial charge in [0, 0.05) is 31.6 Å². The Morgan fingerprint density at radius 2 is 1.67 bits per heavy atom. The maximum absolute atomic E-state index is 9.34. The Hall–Kier alpha value is -2.98. The van der Waals surface area contributed by atoms with Crippen molar-refractivity contribution in [1.29, 1.82) is 10.5 Å². The average Bonchev–Trinajstić information content (AvgIpc) is 3.21. The molecule has 0 amide bonds. The number of hydrogen-bond donors (Lipinski definition) is 0. The summed E-state index contributed by atoms with van der Waals surface area (Å²) < 4.78 is 5.79. The van der Waals surface area contributed by atoms with Gasteiger partial charge in [0.1, 0.15) is 5.76 Å². The van der Waals surface area contributed by atoms with E-state index >= 15 is 0 Å². The molecular weight excluding hydrogens is 298 g/mol. The summed E-state index contributed by atoms with van der Waals surface area (Å²) in [5.41, 5.74) is 1.27. The topological polar surface area (TPSA) is 60.0 Å². The van der Waals surface area contributed by atoms with Gasteiger partial charge < -0.3 is 9.64 Å². The Bertz CT molecular complexity index is 802. The molecule has 2 unspecified atom stereocenters. The highest BCUT2D eigenvalue weighted by molar-refractivity contribution is 5.57. The first-order valence-electron chi connectivity index (χ1n) is 7.86. The number of nitriles is 2. The van der Waals surface area contributed by atoms with Crippen LogP contribution in [0, 0.1) is 39.9 Å². The van der Waals surface area contributed by atoms with Crippen molar-refractivity contribution < 1.29 is 4.74 Å². The Labute approximate surface area is 142 Å². The van der Waals surface area contributed by atoms with Crippen LogP contribution in [0.25, 0.3) is 6.08 Å². The minimum atomic E-state index is -0.933. The molecule has 0 saturated heterocycles. The van der Waals surface area contributed by atoms with E-state index in [0.717, 1.165) is 17.0 Å². The fourth-order valence-electron chi connectivity index (χ4n) is 3.07. The molecular formula is C20H19N3O. The molecule has 3 rings (SSSR count). The van der Waals surface area contributed by atoms with Gasteiger partial charge in [-0.15, -0.1) is 0 Å². The predicted molar refractivity (Wildman–Crippen MR) is 93.4 cm³/mol. The van der Waals surface area contributed by atoms with Gasteiger partial charge in [0.2, 0.25) is 0 Å². The van der Waals surface area contributed by atoms with E-state index in [2.05, 4.69) is 29.2 Å². The van der Waals surface area contributed by atoms with Crippen molar-refractivity contribution in [2.45, 2.75) is 6.92 Å². The summed E-state index contributed by atoms with van der Waals surface area (Å²) in [6, 6.07) is 12.5. The van der Waals surface area contributed by atoms with Crippen LogP contribution in [-0.4, -0.2) is 14.1 Å². The first-order valence-corrected chi connectivity index (χ1v) is 7.86. The van der Waals surface area contributed by atoms with Crippen LogP contribution < -0.4 is 4.90 Å². The molecule has 1 aromatic rings. The lowest BCUT2D eigenvalue weighted by Crippen LogP contribution is -2.07. The number of ether oxygens (including phenoxy) is 1. The second kappa shape index (κ2) is 5.91. The molecule has 1 aliphatic carbocycles. The summed E-state index contributed by atoms with van der Waals surface area (Å²) in [4.78, 5) is 2.05. The van der Waals surface area contributed by atoms with Crippen LogP contribution in [0.2, 0.25) is 0 Å². The van der Waals surface area contributed by atoms with Gasteiger partial charge in [0.25, 0.3) is 0 Å².